The number of para-hydroxylation sites is 1. The number of fused-ring (bicyclic) bond motifs is 1. The summed E-state index contributed by atoms with van der Waals surface area (Å²) in [5, 5.41) is 0.518. The maximum Gasteiger partial charge on any atom is 0.126 e. The molecule has 1 aliphatic heterocycles. The van der Waals surface area contributed by atoms with Gasteiger partial charge in [0.25, 0.3) is 0 Å². The lowest BCUT2D eigenvalue weighted by Crippen LogP contribution is -2.39. The fraction of sp³-hybridized carbons (Fsp3) is 0.250. The Labute approximate surface area is 122 Å². The molecule has 2 atom stereocenters. The molecule has 0 fully saturated rings. The van der Waals surface area contributed by atoms with Crippen LogP contribution in [0.5, 0.6) is 5.75 Å². The third kappa shape index (κ3) is 2.65. The van der Waals surface area contributed by atoms with Crippen LogP contribution in [0.15, 0.2) is 42.5 Å². The van der Waals surface area contributed by atoms with Gasteiger partial charge in [-0.3, -0.25) is 0 Å². The normalized spacial score (nSPS) is 18.4. The average Bonchev–Trinajstić information content (AvgIpc) is 2.87. The third-order valence-electron chi connectivity index (χ3n) is 3.61. The number of ether oxygens (including phenoxy) is 1. The van der Waals surface area contributed by atoms with E-state index in [4.69, 9.17) is 22.1 Å². The van der Waals surface area contributed by atoms with Crippen LogP contribution >= 0.6 is 11.6 Å². The molecule has 0 spiro atoms. The van der Waals surface area contributed by atoms with Gasteiger partial charge in [0, 0.05) is 17.5 Å². The number of halogens is 2. The highest BCUT2D eigenvalue weighted by molar-refractivity contribution is 6.30. The van der Waals surface area contributed by atoms with E-state index in [1.54, 1.807) is 6.07 Å². The van der Waals surface area contributed by atoms with E-state index in [1.807, 2.05) is 24.3 Å². The highest BCUT2D eigenvalue weighted by Crippen LogP contribution is 2.30. The Morgan fingerprint density at radius 3 is 2.90 bits per heavy atom. The molecule has 4 heteroatoms. The predicted molar refractivity (Wildman–Crippen MR) is 77.7 cm³/mol. The molecule has 0 bridgehead atoms. The Morgan fingerprint density at radius 1 is 1.30 bits per heavy atom. The van der Waals surface area contributed by atoms with Gasteiger partial charge in [-0.05, 0) is 41.8 Å². The summed E-state index contributed by atoms with van der Waals surface area (Å²) < 4.78 is 19.6. The van der Waals surface area contributed by atoms with E-state index in [0.717, 1.165) is 17.7 Å². The molecule has 20 heavy (non-hydrogen) atoms. The molecule has 2 aromatic rings. The van der Waals surface area contributed by atoms with E-state index in [0.29, 0.717) is 17.0 Å². The SMILES string of the molecule is NC(Cc1cc(Cl)ccc1F)C1Cc2ccccc2O1. The Bertz CT molecular complexity index is 607. The van der Waals surface area contributed by atoms with Gasteiger partial charge < -0.3 is 10.5 Å². The molecule has 0 saturated carbocycles. The van der Waals surface area contributed by atoms with Crippen LogP contribution in [0, 0.1) is 5.82 Å². The van der Waals surface area contributed by atoms with E-state index in [1.165, 1.54) is 12.1 Å². The summed E-state index contributed by atoms with van der Waals surface area (Å²) in [6.45, 7) is 0. The molecule has 2 N–H and O–H groups in total. The Balaban J connectivity index is 1.72. The van der Waals surface area contributed by atoms with Gasteiger partial charge in [0.2, 0.25) is 0 Å². The van der Waals surface area contributed by atoms with Crippen molar-refractivity contribution in [3.05, 3.63) is 64.4 Å². The number of benzene rings is 2. The number of rotatable bonds is 3. The van der Waals surface area contributed by atoms with Crippen molar-refractivity contribution in [1.82, 2.24) is 0 Å². The standard InChI is InChI=1S/C16H15ClFNO/c17-12-5-6-13(18)11(7-12)8-14(19)16-9-10-3-1-2-4-15(10)20-16/h1-7,14,16H,8-9,19H2. The first-order valence-electron chi connectivity index (χ1n) is 6.57. The lowest BCUT2D eigenvalue weighted by molar-refractivity contribution is 0.197. The van der Waals surface area contributed by atoms with Crippen molar-refractivity contribution < 1.29 is 9.13 Å². The molecule has 104 valence electrons. The van der Waals surface area contributed by atoms with Crippen LogP contribution in [0.2, 0.25) is 5.02 Å². The highest BCUT2D eigenvalue weighted by Gasteiger charge is 2.28. The van der Waals surface area contributed by atoms with Crippen LogP contribution in [0.25, 0.3) is 0 Å². The minimum Gasteiger partial charge on any atom is -0.488 e. The predicted octanol–water partition coefficient (Wildman–Crippen LogP) is 3.35. The summed E-state index contributed by atoms with van der Waals surface area (Å²) in [6, 6.07) is 12.1. The zero-order valence-corrected chi connectivity index (χ0v) is 11.6. The molecule has 0 aliphatic carbocycles. The molecule has 1 heterocycles. The van der Waals surface area contributed by atoms with Crippen molar-refractivity contribution in [3.8, 4) is 5.75 Å². The van der Waals surface area contributed by atoms with Gasteiger partial charge in [0.1, 0.15) is 17.7 Å². The molecule has 0 amide bonds. The van der Waals surface area contributed by atoms with Crippen molar-refractivity contribution >= 4 is 11.6 Å². The lowest BCUT2D eigenvalue weighted by Gasteiger charge is -2.19. The third-order valence-corrected chi connectivity index (χ3v) is 3.85. The van der Waals surface area contributed by atoms with Gasteiger partial charge in [-0.2, -0.15) is 0 Å². The summed E-state index contributed by atoms with van der Waals surface area (Å²) in [6.07, 6.45) is 1.05. The van der Waals surface area contributed by atoms with Crippen LogP contribution in [0.3, 0.4) is 0 Å². The van der Waals surface area contributed by atoms with E-state index in [-0.39, 0.29) is 18.0 Å². The van der Waals surface area contributed by atoms with Crippen LogP contribution in [-0.4, -0.2) is 12.1 Å². The second kappa shape index (κ2) is 5.43. The molecular formula is C16H15ClFNO. The topological polar surface area (TPSA) is 35.2 Å². The summed E-state index contributed by atoms with van der Waals surface area (Å²) in [5.41, 5.74) is 7.86. The second-order valence-corrected chi connectivity index (χ2v) is 5.51. The molecule has 0 aromatic heterocycles. The molecular weight excluding hydrogens is 277 g/mol. The summed E-state index contributed by atoms with van der Waals surface area (Å²) in [5.74, 6) is 0.597. The van der Waals surface area contributed by atoms with Gasteiger partial charge in [-0.1, -0.05) is 29.8 Å². The van der Waals surface area contributed by atoms with Gasteiger partial charge in [0.15, 0.2) is 0 Å². The number of nitrogens with two attached hydrogens (primary N) is 1. The van der Waals surface area contributed by atoms with Crippen molar-refractivity contribution in [2.45, 2.75) is 25.0 Å². The maximum atomic E-state index is 13.7. The maximum absolute atomic E-state index is 13.7. The van der Waals surface area contributed by atoms with Gasteiger partial charge >= 0.3 is 0 Å². The van der Waals surface area contributed by atoms with Crippen LogP contribution in [0.4, 0.5) is 4.39 Å². The van der Waals surface area contributed by atoms with Crippen molar-refractivity contribution in [2.24, 2.45) is 5.73 Å². The van der Waals surface area contributed by atoms with Crippen molar-refractivity contribution in [3.63, 3.8) is 0 Å². The van der Waals surface area contributed by atoms with E-state index in [9.17, 15) is 4.39 Å². The fourth-order valence-electron chi connectivity index (χ4n) is 2.53. The van der Waals surface area contributed by atoms with Gasteiger partial charge in [-0.15, -0.1) is 0 Å². The summed E-state index contributed by atoms with van der Waals surface area (Å²) >= 11 is 5.89. The van der Waals surface area contributed by atoms with Crippen LogP contribution in [-0.2, 0) is 12.8 Å². The van der Waals surface area contributed by atoms with E-state index < -0.39 is 0 Å². The van der Waals surface area contributed by atoms with Crippen molar-refractivity contribution in [2.75, 3.05) is 0 Å². The molecule has 3 rings (SSSR count). The minimum absolute atomic E-state index is 0.120. The largest absolute Gasteiger partial charge is 0.488 e. The van der Waals surface area contributed by atoms with Gasteiger partial charge in [0.05, 0.1) is 0 Å². The number of hydrogen-bond acceptors (Lipinski definition) is 2. The van der Waals surface area contributed by atoms with E-state index >= 15 is 0 Å². The molecule has 1 aliphatic rings. The minimum atomic E-state index is -0.277. The van der Waals surface area contributed by atoms with Gasteiger partial charge in [-0.25, -0.2) is 4.39 Å². The van der Waals surface area contributed by atoms with Crippen LogP contribution in [0.1, 0.15) is 11.1 Å². The Hall–Kier alpha value is -1.58. The fourth-order valence-corrected chi connectivity index (χ4v) is 2.73. The first-order valence-corrected chi connectivity index (χ1v) is 6.95. The molecule has 0 radical (unpaired) electrons. The van der Waals surface area contributed by atoms with E-state index in [2.05, 4.69) is 0 Å². The average molecular weight is 292 g/mol. The lowest BCUT2D eigenvalue weighted by atomic mass is 9.98. The highest BCUT2D eigenvalue weighted by atomic mass is 35.5. The zero-order chi connectivity index (χ0) is 14.1. The smallest absolute Gasteiger partial charge is 0.126 e. The Kier molecular flexibility index (Phi) is 3.64. The zero-order valence-electron chi connectivity index (χ0n) is 10.9. The summed E-state index contributed by atoms with van der Waals surface area (Å²) in [7, 11) is 0. The monoisotopic (exact) mass is 291 g/mol. The number of hydrogen-bond donors (Lipinski definition) is 1. The van der Waals surface area contributed by atoms with Crippen LogP contribution < -0.4 is 10.5 Å². The molecule has 2 aromatic carbocycles. The summed E-state index contributed by atoms with van der Waals surface area (Å²) in [4.78, 5) is 0. The molecule has 2 unspecified atom stereocenters. The quantitative estimate of drug-likeness (QED) is 0.941. The van der Waals surface area contributed by atoms with Crippen molar-refractivity contribution in [1.29, 1.82) is 0 Å². The molecule has 2 nitrogen and oxygen atoms in total. The first kappa shape index (κ1) is 13.4. The Morgan fingerprint density at radius 2 is 2.10 bits per heavy atom. The second-order valence-electron chi connectivity index (χ2n) is 5.07. The first-order chi connectivity index (χ1) is 9.63. The molecule has 0 saturated heterocycles.